The second kappa shape index (κ2) is 12.0. The fourth-order valence-electron chi connectivity index (χ4n) is 3.10. The van der Waals surface area contributed by atoms with Crippen molar-refractivity contribution in [1.29, 1.82) is 0 Å². The van der Waals surface area contributed by atoms with Crippen LogP contribution in [0.2, 0.25) is 0 Å². The van der Waals surface area contributed by atoms with E-state index < -0.39 is 0 Å². The van der Waals surface area contributed by atoms with Crippen molar-refractivity contribution in [3.05, 3.63) is 29.3 Å². The molecular formula is C19H33IN4S. The lowest BCUT2D eigenvalue weighted by molar-refractivity contribution is 0.342. The first-order chi connectivity index (χ1) is 11.7. The van der Waals surface area contributed by atoms with E-state index in [4.69, 9.17) is 4.99 Å². The number of aliphatic imine (C=N–C) groups is 1. The van der Waals surface area contributed by atoms with E-state index in [0.717, 1.165) is 38.1 Å². The monoisotopic (exact) mass is 476 g/mol. The molecule has 4 nitrogen and oxygen atoms in total. The van der Waals surface area contributed by atoms with E-state index in [1.807, 2.05) is 0 Å². The lowest BCUT2D eigenvalue weighted by Gasteiger charge is -2.16. The van der Waals surface area contributed by atoms with E-state index in [0.29, 0.717) is 0 Å². The van der Waals surface area contributed by atoms with Gasteiger partial charge in [0.15, 0.2) is 5.96 Å². The molecule has 2 N–H and O–H groups in total. The molecule has 1 saturated heterocycles. The summed E-state index contributed by atoms with van der Waals surface area (Å²) in [5.41, 5.74) is 2.60. The molecule has 6 heteroatoms. The molecule has 0 amide bonds. The van der Waals surface area contributed by atoms with Gasteiger partial charge in [-0.15, -0.1) is 35.7 Å². The van der Waals surface area contributed by atoms with E-state index in [2.05, 4.69) is 60.8 Å². The quantitative estimate of drug-likeness (QED) is 0.272. The minimum Gasteiger partial charge on any atom is -0.357 e. The Morgan fingerprint density at radius 2 is 2.12 bits per heavy atom. The lowest BCUT2D eigenvalue weighted by Crippen LogP contribution is -2.40. The highest BCUT2D eigenvalue weighted by atomic mass is 127. The number of rotatable bonds is 7. The summed E-state index contributed by atoms with van der Waals surface area (Å²) in [4.78, 5) is 8.63. The topological polar surface area (TPSA) is 39.7 Å². The van der Waals surface area contributed by atoms with Crippen LogP contribution in [0.3, 0.4) is 0 Å². The number of hydrogen-bond acceptors (Lipinski definition) is 3. The molecule has 0 aromatic heterocycles. The molecule has 0 saturated carbocycles. The Bertz CT molecular complexity index is 550. The van der Waals surface area contributed by atoms with Crippen LogP contribution in [-0.2, 0) is 6.54 Å². The molecule has 0 spiro atoms. The van der Waals surface area contributed by atoms with Gasteiger partial charge in [0.25, 0.3) is 0 Å². The van der Waals surface area contributed by atoms with Crippen molar-refractivity contribution in [2.24, 2.45) is 10.9 Å². The molecule has 1 aromatic carbocycles. The summed E-state index contributed by atoms with van der Waals surface area (Å²) < 4.78 is 0. The number of aryl methyl sites for hydroxylation is 1. The fraction of sp³-hybridized carbons (Fsp3) is 0.632. The number of nitrogens with one attached hydrogen (secondary N) is 2. The molecule has 1 aromatic rings. The van der Waals surface area contributed by atoms with Crippen molar-refractivity contribution in [1.82, 2.24) is 15.5 Å². The maximum atomic E-state index is 4.79. The van der Waals surface area contributed by atoms with Gasteiger partial charge in [-0.25, -0.2) is 4.99 Å². The Morgan fingerprint density at radius 1 is 1.32 bits per heavy atom. The third-order valence-corrected chi connectivity index (χ3v) is 5.39. The third-order valence-electron chi connectivity index (χ3n) is 4.57. The predicted octanol–water partition coefficient (Wildman–Crippen LogP) is 3.73. The third kappa shape index (κ3) is 7.35. The van der Waals surface area contributed by atoms with Gasteiger partial charge in [-0.05, 0) is 62.7 Å². The lowest BCUT2D eigenvalue weighted by atomic mass is 10.1. The molecule has 2 rings (SSSR count). The van der Waals surface area contributed by atoms with Crippen LogP contribution < -0.4 is 10.6 Å². The number of thioether (sulfide) groups is 1. The van der Waals surface area contributed by atoms with Crippen LogP contribution in [0.5, 0.6) is 0 Å². The standard InChI is InChI=1S/C19H32N4S.HI/c1-5-20-19(21-12-16-9-10-23(6-2)14-16)22-13-17-8-7-15(3)11-18(17)24-4;/h7-8,11,16H,5-6,9-10,12-14H2,1-4H3,(H2,20,21,22);1H. The molecule has 1 aliphatic rings. The smallest absolute Gasteiger partial charge is 0.191 e. The Morgan fingerprint density at radius 3 is 2.76 bits per heavy atom. The fourth-order valence-corrected chi connectivity index (χ4v) is 3.79. The van der Waals surface area contributed by atoms with Gasteiger partial charge in [-0.2, -0.15) is 0 Å². The first-order valence-electron chi connectivity index (χ1n) is 9.04. The number of halogens is 1. The van der Waals surface area contributed by atoms with Crippen molar-refractivity contribution in [3.63, 3.8) is 0 Å². The normalized spacial score (nSPS) is 18.1. The summed E-state index contributed by atoms with van der Waals surface area (Å²) in [6.07, 6.45) is 3.42. The summed E-state index contributed by atoms with van der Waals surface area (Å²) in [5, 5.41) is 6.90. The Hall–Kier alpha value is -0.470. The van der Waals surface area contributed by atoms with Crippen molar-refractivity contribution in [3.8, 4) is 0 Å². The predicted molar refractivity (Wildman–Crippen MR) is 121 cm³/mol. The SMILES string of the molecule is CCNC(=NCc1ccc(C)cc1SC)NCC1CCN(CC)C1.I. The second-order valence-corrected chi connectivity index (χ2v) is 7.29. The first-order valence-corrected chi connectivity index (χ1v) is 10.3. The molecule has 1 heterocycles. The molecule has 1 fully saturated rings. The van der Waals surface area contributed by atoms with E-state index >= 15 is 0 Å². The zero-order valence-corrected chi connectivity index (χ0v) is 19.1. The Labute approximate surface area is 174 Å². The van der Waals surface area contributed by atoms with Crippen LogP contribution in [0.15, 0.2) is 28.1 Å². The van der Waals surface area contributed by atoms with Crippen LogP contribution >= 0.6 is 35.7 Å². The molecule has 25 heavy (non-hydrogen) atoms. The zero-order valence-electron chi connectivity index (χ0n) is 16.0. The Kier molecular flexibility index (Phi) is 10.8. The molecule has 0 radical (unpaired) electrons. The van der Waals surface area contributed by atoms with Gasteiger partial charge in [-0.1, -0.05) is 19.1 Å². The first kappa shape index (κ1) is 22.6. The zero-order chi connectivity index (χ0) is 17.4. The van der Waals surface area contributed by atoms with Gasteiger partial charge in [0, 0.05) is 24.5 Å². The average Bonchev–Trinajstić information content (AvgIpc) is 3.06. The number of nitrogens with zero attached hydrogens (tertiary/aromatic N) is 2. The number of hydrogen-bond donors (Lipinski definition) is 2. The summed E-state index contributed by atoms with van der Waals surface area (Å²) in [6, 6.07) is 6.61. The van der Waals surface area contributed by atoms with Crippen molar-refractivity contribution >= 4 is 41.7 Å². The van der Waals surface area contributed by atoms with Gasteiger partial charge in [0.05, 0.1) is 6.54 Å². The molecule has 142 valence electrons. The number of guanidine groups is 1. The van der Waals surface area contributed by atoms with E-state index in [9.17, 15) is 0 Å². The van der Waals surface area contributed by atoms with E-state index in [1.165, 1.54) is 35.5 Å². The van der Waals surface area contributed by atoms with Crippen LogP contribution in [0.25, 0.3) is 0 Å². The van der Waals surface area contributed by atoms with Crippen molar-refractivity contribution in [2.75, 3.05) is 39.0 Å². The summed E-state index contributed by atoms with van der Waals surface area (Å²) in [5.74, 6) is 1.66. The average molecular weight is 476 g/mol. The van der Waals surface area contributed by atoms with Gasteiger partial charge >= 0.3 is 0 Å². The highest BCUT2D eigenvalue weighted by molar-refractivity contribution is 14.0. The largest absolute Gasteiger partial charge is 0.357 e. The van der Waals surface area contributed by atoms with E-state index in [-0.39, 0.29) is 24.0 Å². The van der Waals surface area contributed by atoms with Crippen molar-refractivity contribution in [2.45, 2.75) is 38.6 Å². The van der Waals surface area contributed by atoms with Crippen LogP contribution in [-0.4, -0.2) is 49.8 Å². The Balaban J connectivity index is 0.00000312. The van der Waals surface area contributed by atoms with Crippen LogP contribution in [0, 0.1) is 12.8 Å². The molecule has 0 bridgehead atoms. The van der Waals surface area contributed by atoms with Gasteiger partial charge in [0.2, 0.25) is 0 Å². The van der Waals surface area contributed by atoms with Crippen LogP contribution in [0.1, 0.15) is 31.4 Å². The molecule has 1 unspecified atom stereocenters. The minimum absolute atomic E-state index is 0. The van der Waals surface area contributed by atoms with Gasteiger partial charge in [0.1, 0.15) is 0 Å². The number of benzene rings is 1. The van der Waals surface area contributed by atoms with Crippen molar-refractivity contribution < 1.29 is 0 Å². The van der Waals surface area contributed by atoms with E-state index in [1.54, 1.807) is 11.8 Å². The summed E-state index contributed by atoms with van der Waals surface area (Å²) >= 11 is 1.80. The minimum atomic E-state index is 0. The maximum absolute atomic E-state index is 4.79. The number of likely N-dealkylation sites (tertiary alicyclic amines) is 1. The molecule has 1 aliphatic heterocycles. The highest BCUT2D eigenvalue weighted by Crippen LogP contribution is 2.22. The van der Waals surface area contributed by atoms with Gasteiger partial charge in [-0.3, -0.25) is 0 Å². The van der Waals surface area contributed by atoms with Crippen LogP contribution in [0.4, 0.5) is 0 Å². The summed E-state index contributed by atoms with van der Waals surface area (Å²) in [6.45, 7) is 12.7. The van der Waals surface area contributed by atoms with Gasteiger partial charge < -0.3 is 15.5 Å². The molecule has 0 aliphatic carbocycles. The molecule has 1 atom stereocenters. The summed E-state index contributed by atoms with van der Waals surface area (Å²) in [7, 11) is 0. The maximum Gasteiger partial charge on any atom is 0.191 e. The second-order valence-electron chi connectivity index (χ2n) is 6.44. The molecular weight excluding hydrogens is 443 g/mol. The highest BCUT2D eigenvalue weighted by Gasteiger charge is 2.20.